The molecule has 0 aromatic carbocycles. The van der Waals surface area contributed by atoms with E-state index in [9.17, 15) is 4.57 Å². The van der Waals surface area contributed by atoms with Gasteiger partial charge in [0.25, 0.3) is 0 Å². The SMILES string of the molecule is CC(C)P(=O)(N=[N+]=[N-])C(C)C. The van der Waals surface area contributed by atoms with Crippen molar-refractivity contribution in [2.24, 2.45) is 4.88 Å². The van der Waals surface area contributed by atoms with E-state index >= 15 is 0 Å². The van der Waals surface area contributed by atoms with Gasteiger partial charge >= 0.3 is 0 Å². The maximum absolute atomic E-state index is 11.8. The van der Waals surface area contributed by atoms with Crippen LogP contribution in [0.4, 0.5) is 0 Å². The van der Waals surface area contributed by atoms with Crippen LogP contribution in [0.2, 0.25) is 0 Å². The van der Waals surface area contributed by atoms with Crippen LogP contribution in [-0.2, 0) is 4.57 Å². The highest BCUT2D eigenvalue weighted by Crippen LogP contribution is 2.56. The lowest BCUT2D eigenvalue weighted by Crippen LogP contribution is -2.05. The van der Waals surface area contributed by atoms with E-state index in [0.717, 1.165) is 0 Å². The smallest absolute Gasteiger partial charge is 0.178 e. The van der Waals surface area contributed by atoms with E-state index in [4.69, 9.17) is 5.53 Å². The maximum Gasteiger partial charge on any atom is 0.178 e. The first-order valence-corrected chi connectivity index (χ1v) is 5.41. The fourth-order valence-corrected chi connectivity index (χ4v) is 2.60. The van der Waals surface area contributed by atoms with Gasteiger partial charge in [0.15, 0.2) is 7.29 Å². The van der Waals surface area contributed by atoms with Crippen LogP contribution >= 0.6 is 7.29 Å². The molecule has 11 heavy (non-hydrogen) atoms. The molecule has 5 heteroatoms. The minimum atomic E-state index is -2.65. The van der Waals surface area contributed by atoms with Crippen LogP contribution in [0.3, 0.4) is 0 Å². The van der Waals surface area contributed by atoms with Crippen LogP contribution in [-0.4, -0.2) is 11.3 Å². The number of hydrogen-bond acceptors (Lipinski definition) is 1. The first-order valence-electron chi connectivity index (χ1n) is 3.61. The molecule has 0 aliphatic heterocycles. The van der Waals surface area contributed by atoms with E-state index in [2.05, 4.69) is 9.80 Å². The van der Waals surface area contributed by atoms with Crippen molar-refractivity contribution in [2.45, 2.75) is 39.0 Å². The molecule has 0 amide bonds. The van der Waals surface area contributed by atoms with Crippen molar-refractivity contribution < 1.29 is 4.57 Å². The Morgan fingerprint density at radius 2 is 1.64 bits per heavy atom. The van der Waals surface area contributed by atoms with Crippen molar-refractivity contribution in [2.75, 3.05) is 0 Å². The molecule has 0 aromatic rings. The Balaban J connectivity index is 4.83. The van der Waals surface area contributed by atoms with E-state index in [1.807, 2.05) is 27.7 Å². The first-order chi connectivity index (χ1) is 4.95. The van der Waals surface area contributed by atoms with Gasteiger partial charge in [-0.15, -0.1) is 0 Å². The van der Waals surface area contributed by atoms with Crippen molar-refractivity contribution in [3.8, 4) is 0 Å². The highest BCUT2D eigenvalue weighted by atomic mass is 31.2. The Hall–Kier alpha value is -0.460. The fraction of sp³-hybridized carbons (Fsp3) is 1.00. The molecule has 0 aliphatic carbocycles. The summed E-state index contributed by atoms with van der Waals surface area (Å²) < 4.78 is 11.8. The maximum atomic E-state index is 11.8. The second kappa shape index (κ2) is 3.80. The molecule has 0 heterocycles. The molecule has 4 nitrogen and oxygen atoms in total. The van der Waals surface area contributed by atoms with Crippen LogP contribution in [0.25, 0.3) is 10.4 Å². The van der Waals surface area contributed by atoms with Gasteiger partial charge in [0.05, 0.1) is 0 Å². The van der Waals surface area contributed by atoms with E-state index in [0.29, 0.717) is 0 Å². The third-order valence-corrected chi connectivity index (χ3v) is 4.98. The molecule has 64 valence electrons. The molecule has 0 fully saturated rings. The fourth-order valence-electron chi connectivity index (χ4n) is 0.865. The van der Waals surface area contributed by atoms with Crippen molar-refractivity contribution >= 4 is 7.29 Å². The Morgan fingerprint density at radius 1 is 1.27 bits per heavy atom. The summed E-state index contributed by atoms with van der Waals surface area (Å²) in [5.41, 5.74) is 8.07. The summed E-state index contributed by atoms with van der Waals surface area (Å²) in [6.07, 6.45) is 0. The highest BCUT2D eigenvalue weighted by molar-refractivity contribution is 7.63. The van der Waals surface area contributed by atoms with Crippen molar-refractivity contribution in [1.82, 2.24) is 0 Å². The molecule has 0 rings (SSSR count). The summed E-state index contributed by atoms with van der Waals surface area (Å²) in [7, 11) is -2.65. The number of azide groups is 1. The Kier molecular flexibility index (Phi) is 3.64. The normalized spacial score (nSPS) is 11.8. The van der Waals surface area contributed by atoms with Gasteiger partial charge in [-0.3, -0.25) is 0 Å². The molecule has 0 bridgehead atoms. The third kappa shape index (κ3) is 2.25. The van der Waals surface area contributed by atoms with Gasteiger partial charge in [0.2, 0.25) is 0 Å². The summed E-state index contributed by atoms with van der Waals surface area (Å²) in [5, 5.41) is 0. The lowest BCUT2D eigenvalue weighted by atomic mass is 10.5. The molecular weight excluding hydrogens is 161 g/mol. The van der Waals surface area contributed by atoms with Crippen LogP contribution in [0.5, 0.6) is 0 Å². The highest BCUT2D eigenvalue weighted by Gasteiger charge is 2.28. The predicted octanol–water partition coefficient (Wildman–Crippen LogP) is 3.39. The van der Waals surface area contributed by atoms with Gasteiger partial charge < -0.3 is 4.57 Å². The van der Waals surface area contributed by atoms with Crippen molar-refractivity contribution in [1.29, 1.82) is 0 Å². The minimum absolute atomic E-state index is 0.0570. The van der Waals surface area contributed by atoms with Gasteiger partial charge in [-0.2, -0.15) is 0 Å². The zero-order valence-electron chi connectivity index (χ0n) is 7.35. The van der Waals surface area contributed by atoms with Crippen LogP contribution < -0.4 is 0 Å². The second-order valence-corrected chi connectivity index (χ2v) is 6.63. The zero-order chi connectivity index (χ0) is 9.07. The molecule has 0 saturated heterocycles. The summed E-state index contributed by atoms with van der Waals surface area (Å²) in [6, 6.07) is 0. The molecule has 0 N–H and O–H groups in total. The quantitative estimate of drug-likeness (QED) is 0.280. The predicted molar refractivity (Wildman–Crippen MR) is 47.0 cm³/mol. The summed E-state index contributed by atoms with van der Waals surface area (Å²) >= 11 is 0. The molecule has 0 saturated carbocycles. The molecule has 0 radical (unpaired) electrons. The Morgan fingerprint density at radius 3 is 1.73 bits per heavy atom. The molecule has 0 unspecified atom stereocenters. The van der Waals surface area contributed by atoms with Crippen molar-refractivity contribution in [3.05, 3.63) is 10.4 Å². The topological polar surface area (TPSA) is 65.8 Å². The molecule has 0 atom stereocenters. The van der Waals surface area contributed by atoms with Crippen LogP contribution in [0.15, 0.2) is 4.88 Å². The number of rotatable bonds is 3. The average molecular weight is 175 g/mol. The second-order valence-electron chi connectivity index (χ2n) is 3.04. The Bertz CT molecular complexity index is 206. The molecule has 0 aromatic heterocycles. The van der Waals surface area contributed by atoms with Crippen molar-refractivity contribution in [3.63, 3.8) is 0 Å². The average Bonchev–Trinajstić information content (AvgIpc) is 1.87. The van der Waals surface area contributed by atoms with Gasteiger partial charge in [0.1, 0.15) is 0 Å². The van der Waals surface area contributed by atoms with Gasteiger partial charge in [-0.1, -0.05) is 27.7 Å². The molecular formula is C6H14N3OP. The standard InChI is InChI=1S/C6H14N3OP/c1-5(2)11(10,6(3)4)9-8-7/h5-6H,1-4H3. The number of hydrogen-bond donors (Lipinski definition) is 0. The van der Waals surface area contributed by atoms with E-state index in [1.54, 1.807) is 0 Å². The van der Waals surface area contributed by atoms with Gasteiger partial charge in [-0.25, -0.2) is 0 Å². The molecule has 0 aliphatic rings. The summed E-state index contributed by atoms with van der Waals surface area (Å²) in [5.74, 6) is 0. The van der Waals surface area contributed by atoms with E-state index < -0.39 is 7.29 Å². The van der Waals surface area contributed by atoms with Crippen LogP contribution in [0.1, 0.15) is 27.7 Å². The summed E-state index contributed by atoms with van der Waals surface area (Å²) in [4.78, 5) is 6.00. The minimum Gasteiger partial charge on any atom is -0.316 e. The lowest BCUT2D eigenvalue weighted by Gasteiger charge is -2.19. The first kappa shape index (κ1) is 10.5. The Labute approximate surface area is 67.0 Å². The molecule has 0 spiro atoms. The number of nitrogens with zero attached hydrogens (tertiary/aromatic N) is 3. The van der Waals surface area contributed by atoms with E-state index in [-0.39, 0.29) is 11.3 Å². The van der Waals surface area contributed by atoms with E-state index in [1.165, 1.54) is 0 Å². The van der Waals surface area contributed by atoms with Gasteiger partial charge in [-0.05, 0) is 10.4 Å². The third-order valence-electron chi connectivity index (χ3n) is 1.66. The monoisotopic (exact) mass is 175 g/mol. The lowest BCUT2D eigenvalue weighted by molar-refractivity contribution is 0.562. The zero-order valence-corrected chi connectivity index (χ0v) is 8.25. The van der Waals surface area contributed by atoms with Gasteiger partial charge in [0, 0.05) is 16.2 Å². The summed E-state index contributed by atoms with van der Waals surface area (Å²) in [6.45, 7) is 7.26. The largest absolute Gasteiger partial charge is 0.316 e. The van der Waals surface area contributed by atoms with Crippen LogP contribution in [0, 0.1) is 0 Å².